The Morgan fingerprint density at radius 3 is 2.48 bits per heavy atom. The minimum absolute atomic E-state index is 0.229. The van der Waals surface area contributed by atoms with Gasteiger partial charge in [0, 0.05) is 18.1 Å². The lowest BCUT2D eigenvalue weighted by Gasteiger charge is -2.11. The summed E-state index contributed by atoms with van der Waals surface area (Å²) >= 11 is 0. The van der Waals surface area contributed by atoms with Crippen LogP contribution in [0, 0.1) is 0 Å². The summed E-state index contributed by atoms with van der Waals surface area (Å²) in [7, 11) is 1.73. The van der Waals surface area contributed by atoms with Gasteiger partial charge in [0.15, 0.2) is 0 Å². The van der Waals surface area contributed by atoms with E-state index in [1.807, 2.05) is 24.3 Å². The highest BCUT2D eigenvalue weighted by Crippen LogP contribution is 2.31. The summed E-state index contributed by atoms with van der Waals surface area (Å²) in [6.07, 6.45) is -4.39. The third-order valence-corrected chi connectivity index (χ3v) is 3.29. The molecule has 4 nitrogen and oxygen atoms in total. The smallest absolute Gasteiger partial charge is 0.372 e. The summed E-state index contributed by atoms with van der Waals surface area (Å²) in [4.78, 5) is 8.62. The van der Waals surface area contributed by atoms with Crippen LogP contribution in [0.4, 0.5) is 30.6 Å². The predicted octanol–water partition coefficient (Wildman–Crippen LogP) is 4.43. The normalized spacial score (nSPS) is 11.5. The third kappa shape index (κ3) is 3.18. The van der Waals surface area contributed by atoms with Gasteiger partial charge in [0.25, 0.3) is 0 Å². The van der Waals surface area contributed by atoms with Crippen molar-refractivity contribution in [1.82, 2.24) is 9.97 Å². The number of hydrogen-bond donors (Lipinski definition) is 2. The fraction of sp³-hybridized carbons (Fsp3) is 0.125. The van der Waals surface area contributed by atoms with E-state index in [0.29, 0.717) is 11.3 Å². The van der Waals surface area contributed by atoms with E-state index in [1.165, 1.54) is 12.1 Å². The fourth-order valence-electron chi connectivity index (χ4n) is 2.23. The Labute approximate surface area is 130 Å². The number of benzene rings is 2. The van der Waals surface area contributed by atoms with Gasteiger partial charge in [-0.15, -0.1) is 0 Å². The van der Waals surface area contributed by atoms with Crippen molar-refractivity contribution in [2.75, 3.05) is 17.7 Å². The van der Waals surface area contributed by atoms with E-state index in [1.54, 1.807) is 7.05 Å². The molecule has 7 heteroatoms. The highest BCUT2D eigenvalue weighted by atomic mass is 19.4. The summed E-state index contributed by atoms with van der Waals surface area (Å²) in [5.41, 5.74) is 0.246. The molecule has 0 saturated heterocycles. The van der Waals surface area contributed by atoms with Crippen molar-refractivity contribution in [3.63, 3.8) is 0 Å². The molecule has 23 heavy (non-hydrogen) atoms. The number of aromatic nitrogens is 2. The Kier molecular flexibility index (Phi) is 3.77. The second-order valence-corrected chi connectivity index (χ2v) is 4.87. The molecule has 0 saturated carbocycles. The van der Waals surface area contributed by atoms with E-state index < -0.39 is 11.7 Å². The molecule has 2 N–H and O–H groups in total. The first-order chi connectivity index (χ1) is 11.0. The SMILES string of the molecule is CNc1nc(Nc2cccc(C(F)(F)F)c2)nc2ccccc12. The monoisotopic (exact) mass is 318 g/mol. The van der Waals surface area contributed by atoms with Crippen molar-refractivity contribution >= 4 is 28.4 Å². The summed E-state index contributed by atoms with van der Waals surface area (Å²) in [5.74, 6) is 0.831. The van der Waals surface area contributed by atoms with Crippen molar-refractivity contribution < 1.29 is 13.2 Å². The van der Waals surface area contributed by atoms with Crippen LogP contribution in [-0.2, 0) is 6.18 Å². The Hall–Kier alpha value is -2.83. The first kappa shape index (κ1) is 15.1. The van der Waals surface area contributed by atoms with Crippen LogP contribution in [0.15, 0.2) is 48.5 Å². The Morgan fingerprint density at radius 2 is 1.74 bits per heavy atom. The van der Waals surface area contributed by atoms with Gasteiger partial charge in [-0.05, 0) is 30.3 Å². The molecule has 0 aliphatic heterocycles. The standard InChI is InChI=1S/C16H13F3N4/c1-20-14-12-7-2-3-8-13(12)22-15(23-14)21-11-6-4-5-10(9-11)16(17,18)19/h2-9H,1H3,(H2,20,21,22,23). The maximum absolute atomic E-state index is 12.8. The lowest BCUT2D eigenvalue weighted by Crippen LogP contribution is -2.06. The molecule has 0 unspecified atom stereocenters. The minimum atomic E-state index is -4.39. The van der Waals surface area contributed by atoms with Crippen LogP contribution in [0.2, 0.25) is 0 Å². The van der Waals surface area contributed by atoms with E-state index in [2.05, 4.69) is 20.6 Å². The van der Waals surface area contributed by atoms with Crippen LogP contribution in [0.25, 0.3) is 10.9 Å². The quantitative estimate of drug-likeness (QED) is 0.750. The number of para-hydroxylation sites is 1. The van der Waals surface area contributed by atoms with Crippen LogP contribution in [0.5, 0.6) is 0 Å². The van der Waals surface area contributed by atoms with Gasteiger partial charge in [0.2, 0.25) is 5.95 Å². The molecule has 3 rings (SSSR count). The molecule has 0 spiro atoms. The highest BCUT2D eigenvalue weighted by Gasteiger charge is 2.30. The van der Waals surface area contributed by atoms with Gasteiger partial charge in [0.1, 0.15) is 5.82 Å². The van der Waals surface area contributed by atoms with Gasteiger partial charge in [-0.2, -0.15) is 18.2 Å². The van der Waals surface area contributed by atoms with Crippen LogP contribution >= 0.6 is 0 Å². The molecule has 0 aliphatic carbocycles. The third-order valence-electron chi connectivity index (χ3n) is 3.29. The zero-order valence-electron chi connectivity index (χ0n) is 12.1. The van der Waals surface area contributed by atoms with Crippen molar-refractivity contribution in [2.45, 2.75) is 6.18 Å². The van der Waals surface area contributed by atoms with Crippen molar-refractivity contribution in [1.29, 1.82) is 0 Å². The molecule has 0 atom stereocenters. The topological polar surface area (TPSA) is 49.8 Å². The molecule has 0 bridgehead atoms. The zero-order chi connectivity index (χ0) is 16.4. The van der Waals surface area contributed by atoms with Crippen molar-refractivity contribution in [3.8, 4) is 0 Å². The van der Waals surface area contributed by atoms with E-state index >= 15 is 0 Å². The van der Waals surface area contributed by atoms with Crippen LogP contribution in [0.1, 0.15) is 5.56 Å². The molecule has 1 aromatic heterocycles. The molecule has 0 fully saturated rings. The molecule has 3 aromatic rings. The van der Waals surface area contributed by atoms with Gasteiger partial charge in [-0.25, -0.2) is 4.98 Å². The first-order valence-electron chi connectivity index (χ1n) is 6.86. The number of fused-ring (bicyclic) bond motifs is 1. The number of halogens is 3. The maximum atomic E-state index is 12.8. The lowest BCUT2D eigenvalue weighted by atomic mass is 10.2. The molecular formula is C16H13F3N4. The van der Waals surface area contributed by atoms with E-state index in [-0.39, 0.29) is 11.6 Å². The van der Waals surface area contributed by atoms with Crippen molar-refractivity contribution in [2.24, 2.45) is 0 Å². The van der Waals surface area contributed by atoms with Gasteiger partial charge in [-0.1, -0.05) is 18.2 Å². The van der Waals surface area contributed by atoms with E-state index in [0.717, 1.165) is 17.5 Å². The largest absolute Gasteiger partial charge is 0.416 e. The van der Waals surface area contributed by atoms with Gasteiger partial charge in [-0.3, -0.25) is 0 Å². The molecule has 0 radical (unpaired) electrons. The molecule has 1 heterocycles. The molecule has 2 aromatic carbocycles. The Bertz CT molecular complexity index is 846. The number of nitrogens with one attached hydrogen (secondary N) is 2. The minimum Gasteiger partial charge on any atom is -0.372 e. The van der Waals surface area contributed by atoms with Crippen LogP contribution in [0.3, 0.4) is 0 Å². The second-order valence-electron chi connectivity index (χ2n) is 4.87. The van der Waals surface area contributed by atoms with Gasteiger partial charge >= 0.3 is 6.18 Å². The number of rotatable bonds is 3. The zero-order valence-corrected chi connectivity index (χ0v) is 12.1. The average molecular weight is 318 g/mol. The van der Waals surface area contributed by atoms with Gasteiger partial charge in [0.05, 0.1) is 11.1 Å². The lowest BCUT2D eigenvalue weighted by molar-refractivity contribution is -0.137. The second kappa shape index (κ2) is 5.75. The summed E-state index contributed by atoms with van der Waals surface area (Å²) < 4.78 is 38.3. The summed E-state index contributed by atoms with van der Waals surface area (Å²) in [6.45, 7) is 0. The van der Waals surface area contributed by atoms with E-state index in [9.17, 15) is 13.2 Å². The van der Waals surface area contributed by atoms with Crippen LogP contribution < -0.4 is 10.6 Å². The first-order valence-corrected chi connectivity index (χ1v) is 6.86. The molecule has 118 valence electrons. The number of hydrogen-bond acceptors (Lipinski definition) is 4. The van der Waals surface area contributed by atoms with Crippen LogP contribution in [-0.4, -0.2) is 17.0 Å². The maximum Gasteiger partial charge on any atom is 0.416 e. The number of alkyl halides is 3. The molecule has 0 amide bonds. The average Bonchev–Trinajstić information content (AvgIpc) is 2.53. The predicted molar refractivity (Wildman–Crippen MR) is 83.8 cm³/mol. The van der Waals surface area contributed by atoms with Gasteiger partial charge < -0.3 is 10.6 Å². The Balaban J connectivity index is 1.99. The number of nitrogens with zero attached hydrogens (tertiary/aromatic N) is 2. The van der Waals surface area contributed by atoms with Crippen molar-refractivity contribution in [3.05, 3.63) is 54.1 Å². The Morgan fingerprint density at radius 1 is 0.957 bits per heavy atom. The summed E-state index contributed by atoms with van der Waals surface area (Å²) in [5, 5.41) is 6.62. The molecule has 0 aliphatic rings. The highest BCUT2D eigenvalue weighted by molar-refractivity contribution is 5.90. The number of anilines is 3. The van der Waals surface area contributed by atoms with E-state index in [4.69, 9.17) is 0 Å². The molecular weight excluding hydrogens is 305 g/mol. The summed E-state index contributed by atoms with van der Waals surface area (Å²) in [6, 6.07) is 12.3. The fourth-order valence-corrected chi connectivity index (χ4v) is 2.23.